The van der Waals surface area contributed by atoms with Gasteiger partial charge >= 0.3 is 0 Å². The Hall–Kier alpha value is -1.30. The lowest BCUT2D eigenvalue weighted by molar-refractivity contribution is 0.674. The molecule has 0 aromatic carbocycles. The van der Waals surface area contributed by atoms with E-state index in [-0.39, 0.29) is 0 Å². The van der Waals surface area contributed by atoms with Crippen molar-refractivity contribution in [3.8, 4) is 0 Å². The van der Waals surface area contributed by atoms with Gasteiger partial charge in [-0.3, -0.25) is 9.67 Å². The van der Waals surface area contributed by atoms with E-state index >= 15 is 0 Å². The third-order valence-electron chi connectivity index (χ3n) is 2.09. The summed E-state index contributed by atoms with van der Waals surface area (Å²) in [5, 5.41) is 6.68. The second-order valence-corrected chi connectivity index (χ2v) is 4.48. The molecule has 0 radical (unpaired) electrons. The Morgan fingerprint density at radius 3 is 3.00 bits per heavy atom. The molecule has 0 bridgehead atoms. The number of hydrogen-bond donors (Lipinski definition) is 0. The van der Waals surface area contributed by atoms with E-state index in [1.165, 1.54) is 11.6 Å². The van der Waals surface area contributed by atoms with Crippen molar-refractivity contribution < 1.29 is 0 Å². The van der Waals surface area contributed by atoms with Crippen LogP contribution in [-0.4, -0.2) is 26.3 Å². The first-order valence-corrected chi connectivity index (χ1v) is 6.23. The van der Waals surface area contributed by atoms with Crippen LogP contribution in [0, 0.1) is 0 Å². The summed E-state index contributed by atoms with van der Waals surface area (Å²) in [5.41, 5.74) is 0.703. The minimum absolute atomic E-state index is 0.461. The maximum absolute atomic E-state index is 6.03. The lowest BCUT2D eigenvalue weighted by Crippen LogP contribution is -2.02. The van der Waals surface area contributed by atoms with Crippen molar-refractivity contribution in [2.45, 2.75) is 6.54 Å². The van der Waals surface area contributed by atoms with Gasteiger partial charge in [0, 0.05) is 30.0 Å². The highest BCUT2D eigenvalue weighted by Gasteiger charge is 2.05. The van der Waals surface area contributed by atoms with Crippen LogP contribution in [0.15, 0.2) is 29.5 Å². The Kier molecular flexibility index (Phi) is 4.41. The van der Waals surface area contributed by atoms with Crippen LogP contribution >= 0.6 is 35.4 Å². The number of rotatable bonds is 4. The molecule has 7 heteroatoms. The summed E-state index contributed by atoms with van der Waals surface area (Å²) in [4.78, 5) is 8.19. The minimum atomic E-state index is 0.461. The Balaban J connectivity index is 2.16. The largest absolute Gasteiger partial charge is 0.265 e. The van der Waals surface area contributed by atoms with E-state index in [1.54, 1.807) is 29.2 Å². The zero-order valence-electron chi connectivity index (χ0n) is 9.12. The molecule has 4 nitrogen and oxygen atoms in total. The predicted octanol–water partition coefficient (Wildman–Crippen LogP) is 3.34. The zero-order chi connectivity index (χ0) is 13.0. The summed E-state index contributed by atoms with van der Waals surface area (Å²) in [7, 11) is 0. The fraction of sp³-hybridized carbons (Fsp3) is 0.0909. The predicted molar refractivity (Wildman–Crippen MR) is 77.4 cm³/mol. The summed E-state index contributed by atoms with van der Waals surface area (Å²) in [5.74, 6) is 0.584. The van der Waals surface area contributed by atoms with E-state index in [1.807, 2.05) is 0 Å². The van der Waals surface area contributed by atoms with Gasteiger partial charge in [0.25, 0.3) is 0 Å². The summed E-state index contributed by atoms with van der Waals surface area (Å²) >= 11 is 16.5. The van der Waals surface area contributed by atoms with E-state index in [9.17, 15) is 0 Å². The third kappa shape index (κ3) is 3.35. The Morgan fingerprint density at radius 1 is 1.44 bits per heavy atom. The van der Waals surface area contributed by atoms with Gasteiger partial charge in [-0.2, -0.15) is 5.10 Å². The van der Waals surface area contributed by atoms with E-state index in [4.69, 9.17) is 23.2 Å². The van der Waals surface area contributed by atoms with Crippen molar-refractivity contribution in [3.05, 3.63) is 40.3 Å². The van der Waals surface area contributed by atoms with Gasteiger partial charge in [0.15, 0.2) is 5.82 Å². The summed E-state index contributed by atoms with van der Waals surface area (Å²) in [6.07, 6.45) is 4.86. The summed E-state index contributed by atoms with van der Waals surface area (Å²) < 4.78 is 1.69. The molecule has 0 unspecified atom stereocenters. The van der Waals surface area contributed by atoms with Gasteiger partial charge in [0.1, 0.15) is 0 Å². The van der Waals surface area contributed by atoms with E-state index < -0.39 is 0 Å². The first-order chi connectivity index (χ1) is 8.69. The fourth-order valence-corrected chi connectivity index (χ4v) is 1.83. The van der Waals surface area contributed by atoms with Crippen molar-refractivity contribution in [3.63, 3.8) is 0 Å². The molecule has 0 fully saturated rings. The minimum Gasteiger partial charge on any atom is -0.265 e. The molecule has 2 rings (SSSR count). The summed E-state index contributed by atoms with van der Waals surface area (Å²) in [6, 6.07) is 3.43. The molecular formula is C11H8Cl2N4S. The number of nitrogens with zero attached hydrogens (tertiary/aromatic N) is 4. The monoisotopic (exact) mass is 298 g/mol. The average Bonchev–Trinajstić information content (AvgIpc) is 2.78. The van der Waals surface area contributed by atoms with Gasteiger partial charge in [-0.1, -0.05) is 35.4 Å². The Bertz CT molecular complexity index is 594. The molecule has 92 valence electrons. The first-order valence-electron chi connectivity index (χ1n) is 5.00. The molecule has 18 heavy (non-hydrogen) atoms. The second-order valence-electron chi connectivity index (χ2n) is 3.37. The van der Waals surface area contributed by atoms with Gasteiger partial charge in [-0.25, -0.2) is 4.99 Å². The van der Waals surface area contributed by atoms with Crippen molar-refractivity contribution in [2.24, 2.45) is 4.99 Å². The number of aromatic nitrogens is 3. The molecule has 2 aromatic heterocycles. The Labute approximate surface area is 119 Å². The van der Waals surface area contributed by atoms with Gasteiger partial charge in [0.05, 0.1) is 22.3 Å². The molecule has 0 aliphatic carbocycles. The molecule has 2 heterocycles. The quantitative estimate of drug-likeness (QED) is 0.642. The number of pyridine rings is 1. The summed E-state index contributed by atoms with van der Waals surface area (Å²) in [6.45, 7) is 0.461. The molecule has 0 aliphatic rings. The fourth-order valence-electron chi connectivity index (χ4n) is 1.33. The normalized spacial score (nSPS) is 11.0. The molecular weight excluding hydrogens is 291 g/mol. The third-order valence-corrected chi connectivity index (χ3v) is 2.75. The van der Waals surface area contributed by atoms with Crippen molar-refractivity contribution in [2.75, 3.05) is 0 Å². The van der Waals surface area contributed by atoms with Gasteiger partial charge in [0.2, 0.25) is 0 Å². The van der Waals surface area contributed by atoms with Gasteiger partial charge in [-0.05, 0) is 6.07 Å². The molecule has 0 aliphatic heterocycles. The van der Waals surface area contributed by atoms with Crippen LogP contribution in [-0.2, 0) is 6.54 Å². The number of halogens is 2. The standard InChI is InChI=1S/C11H8Cl2N4S/c12-8-5-9(13)10(15-6-8)7-17-3-1-11(16-17)14-2-4-18/h1-6H,7H2. The van der Waals surface area contributed by atoms with Crippen molar-refractivity contribution >= 4 is 52.8 Å². The van der Waals surface area contributed by atoms with Crippen LogP contribution < -0.4 is 0 Å². The lowest BCUT2D eigenvalue weighted by Gasteiger charge is -2.03. The smallest absolute Gasteiger partial charge is 0.173 e. The van der Waals surface area contributed by atoms with Gasteiger partial charge in [-0.15, -0.1) is 0 Å². The molecule has 0 atom stereocenters. The average molecular weight is 299 g/mol. The highest BCUT2D eigenvalue weighted by Crippen LogP contribution is 2.19. The molecule has 0 saturated heterocycles. The van der Waals surface area contributed by atoms with Crippen LogP contribution in [0.3, 0.4) is 0 Å². The van der Waals surface area contributed by atoms with Crippen LogP contribution in [0.5, 0.6) is 0 Å². The first kappa shape index (κ1) is 13.1. The highest BCUT2D eigenvalue weighted by atomic mass is 35.5. The molecule has 0 amide bonds. The van der Waals surface area contributed by atoms with Crippen LogP contribution in [0.2, 0.25) is 10.0 Å². The molecule has 0 N–H and O–H groups in total. The van der Waals surface area contributed by atoms with Crippen LogP contribution in [0.25, 0.3) is 0 Å². The van der Waals surface area contributed by atoms with Crippen molar-refractivity contribution in [1.29, 1.82) is 0 Å². The maximum Gasteiger partial charge on any atom is 0.173 e. The SMILES string of the molecule is S=CC=Nc1ccn(Cc2ncc(Cl)cc2Cl)n1. The number of hydrogen-bond acceptors (Lipinski definition) is 4. The van der Waals surface area contributed by atoms with Crippen molar-refractivity contribution in [1.82, 2.24) is 14.8 Å². The number of thiocarbonyl (C=S) groups is 1. The van der Waals surface area contributed by atoms with E-state index in [0.717, 1.165) is 0 Å². The second kappa shape index (κ2) is 6.04. The molecule has 2 aromatic rings. The molecule has 0 saturated carbocycles. The Morgan fingerprint density at radius 2 is 2.28 bits per heavy atom. The zero-order valence-corrected chi connectivity index (χ0v) is 11.5. The maximum atomic E-state index is 6.03. The molecule has 0 spiro atoms. The van der Waals surface area contributed by atoms with Crippen LogP contribution in [0.1, 0.15) is 5.69 Å². The van der Waals surface area contributed by atoms with E-state index in [0.29, 0.717) is 28.1 Å². The number of aliphatic imine (C=N–C) groups is 1. The topological polar surface area (TPSA) is 43.1 Å². The highest BCUT2D eigenvalue weighted by molar-refractivity contribution is 7.80. The van der Waals surface area contributed by atoms with Gasteiger partial charge < -0.3 is 0 Å². The lowest BCUT2D eigenvalue weighted by atomic mass is 10.3. The van der Waals surface area contributed by atoms with Crippen LogP contribution in [0.4, 0.5) is 5.82 Å². The van der Waals surface area contributed by atoms with E-state index in [2.05, 4.69) is 27.3 Å².